The van der Waals surface area contributed by atoms with Crippen LogP contribution in [0.5, 0.6) is 0 Å². The maximum atomic E-state index is 11.4. The molecule has 3 heteroatoms. The van der Waals surface area contributed by atoms with E-state index in [0.29, 0.717) is 11.6 Å². The molecule has 19 heavy (non-hydrogen) atoms. The predicted octanol–water partition coefficient (Wildman–Crippen LogP) is 3.33. The standard InChI is InChI=1S/C16H24N2O/c1-10-7-11(2)9-13(8-10)18-15-6-4-5-14(12(15)3)16(17)19/h4-6,10-11,13,18H,7-9H2,1-3H3,(H2,17,19). The number of anilines is 1. The predicted molar refractivity (Wildman–Crippen MR) is 79.3 cm³/mol. The molecule has 104 valence electrons. The molecule has 3 nitrogen and oxygen atoms in total. The zero-order valence-corrected chi connectivity index (χ0v) is 12.1. The fourth-order valence-electron chi connectivity index (χ4n) is 3.34. The molecule has 1 aliphatic carbocycles. The van der Waals surface area contributed by atoms with Gasteiger partial charge in [-0.2, -0.15) is 0 Å². The van der Waals surface area contributed by atoms with Crippen LogP contribution in [0.25, 0.3) is 0 Å². The molecule has 2 atom stereocenters. The van der Waals surface area contributed by atoms with E-state index < -0.39 is 0 Å². The van der Waals surface area contributed by atoms with Crippen LogP contribution < -0.4 is 11.1 Å². The molecule has 0 aromatic heterocycles. The first-order valence-electron chi connectivity index (χ1n) is 7.13. The molecule has 1 amide bonds. The Bertz CT molecular complexity index is 460. The summed E-state index contributed by atoms with van der Waals surface area (Å²) in [7, 11) is 0. The lowest BCUT2D eigenvalue weighted by Gasteiger charge is -2.33. The summed E-state index contributed by atoms with van der Waals surface area (Å²) in [5.41, 5.74) is 8.01. The van der Waals surface area contributed by atoms with Gasteiger partial charge in [0.25, 0.3) is 0 Å². The van der Waals surface area contributed by atoms with Gasteiger partial charge in [-0.05, 0) is 55.7 Å². The van der Waals surface area contributed by atoms with Crippen molar-refractivity contribution in [3.05, 3.63) is 29.3 Å². The topological polar surface area (TPSA) is 55.1 Å². The van der Waals surface area contributed by atoms with E-state index in [9.17, 15) is 4.79 Å². The van der Waals surface area contributed by atoms with E-state index in [4.69, 9.17) is 5.73 Å². The van der Waals surface area contributed by atoms with Crippen molar-refractivity contribution in [1.29, 1.82) is 0 Å². The summed E-state index contributed by atoms with van der Waals surface area (Å²) < 4.78 is 0. The molecule has 0 spiro atoms. The molecule has 0 aliphatic heterocycles. The number of nitrogens with two attached hydrogens (primary N) is 1. The number of hydrogen-bond donors (Lipinski definition) is 2. The van der Waals surface area contributed by atoms with Gasteiger partial charge in [-0.25, -0.2) is 0 Å². The van der Waals surface area contributed by atoms with E-state index in [1.54, 1.807) is 6.07 Å². The zero-order chi connectivity index (χ0) is 14.0. The van der Waals surface area contributed by atoms with Gasteiger partial charge in [0.15, 0.2) is 0 Å². The van der Waals surface area contributed by atoms with E-state index in [1.165, 1.54) is 19.3 Å². The lowest BCUT2D eigenvalue weighted by molar-refractivity contribution is 0.0999. The average molecular weight is 260 g/mol. The van der Waals surface area contributed by atoms with E-state index in [1.807, 2.05) is 19.1 Å². The van der Waals surface area contributed by atoms with Crippen molar-refractivity contribution in [3.63, 3.8) is 0 Å². The second kappa shape index (κ2) is 5.64. The van der Waals surface area contributed by atoms with Crippen LogP contribution in [0.2, 0.25) is 0 Å². The summed E-state index contributed by atoms with van der Waals surface area (Å²) >= 11 is 0. The monoisotopic (exact) mass is 260 g/mol. The number of hydrogen-bond acceptors (Lipinski definition) is 2. The second-order valence-electron chi connectivity index (χ2n) is 6.10. The molecule has 1 saturated carbocycles. The Morgan fingerprint density at radius 2 is 1.84 bits per heavy atom. The SMILES string of the molecule is Cc1c(NC2CC(C)CC(C)C2)cccc1C(N)=O. The maximum Gasteiger partial charge on any atom is 0.249 e. The van der Waals surface area contributed by atoms with Crippen molar-refractivity contribution in [2.24, 2.45) is 17.6 Å². The number of benzene rings is 1. The minimum Gasteiger partial charge on any atom is -0.382 e. The van der Waals surface area contributed by atoms with Crippen LogP contribution in [-0.2, 0) is 0 Å². The molecular weight excluding hydrogens is 236 g/mol. The van der Waals surface area contributed by atoms with E-state index >= 15 is 0 Å². The zero-order valence-electron chi connectivity index (χ0n) is 12.1. The number of nitrogens with one attached hydrogen (secondary N) is 1. The molecule has 0 heterocycles. The first-order valence-corrected chi connectivity index (χ1v) is 7.13. The molecule has 0 saturated heterocycles. The Morgan fingerprint density at radius 3 is 2.42 bits per heavy atom. The number of carbonyl (C=O) groups excluding carboxylic acids is 1. The molecule has 0 radical (unpaired) electrons. The first kappa shape index (κ1) is 13.9. The van der Waals surface area contributed by atoms with Crippen molar-refractivity contribution in [3.8, 4) is 0 Å². The summed E-state index contributed by atoms with van der Waals surface area (Å²) in [6.07, 6.45) is 3.72. The number of primary amides is 1. The van der Waals surface area contributed by atoms with Gasteiger partial charge >= 0.3 is 0 Å². The van der Waals surface area contributed by atoms with E-state index in [2.05, 4.69) is 19.2 Å². The summed E-state index contributed by atoms with van der Waals surface area (Å²) in [5, 5.41) is 3.60. The molecule has 1 aromatic carbocycles. The maximum absolute atomic E-state index is 11.4. The third-order valence-electron chi connectivity index (χ3n) is 4.14. The second-order valence-corrected chi connectivity index (χ2v) is 6.10. The highest BCUT2D eigenvalue weighted by Gasteiger charge is 2.24. The fraction of sp³-hybridized carbons (Fsp3) is 0.562. The minimum atomic E-state index is -0.355. The highest BCUT2D eigenvalue weighted by molar-refractivity contribution is 5.95. The van der Waals surface area contributed by atoms with Gasteiger partial charge in [0, 0.05) is 17.3 Å². The van der Waals surface area contributed by atoms with Crippen LogP contribution in [0.3, 0.4) is 0 Å². The van der Waals surface area contributed by atoms with Crippen LogP contribution in [0.15, 0.2) is 18.2 Å². The first-order chi connectivity index (χ1) is 8.97. The Kier molecular flexibility index (Phi) is 4.13. The Labute approximate surface area is 115 Å². The smallest absolute Gasteiger partial charge is 0.249 e. The summed E-state index contributed by atoms with van der Waals surface area (Å²) in [6, 6.07) is 6.21. The van der Waals surface area contributed by atoms with Crippen LogP contribution in [0.4, 0.5) is 5.69 Å². The molecule has 1 aromatic rings. The minimum absolute atomic E-state index is 0.355. The number of carbonyl (C=O) groups is 1. The van der Waals surface area contributed by atoms with Crippen molar-refractivity contribution < 1.29 is 4.79 Å². The van der Waals surface area contributed by atoms with Crippen LogP contribution in [-0.4, -0.2) is 11.9 Å². The Hall–Kier alpha value is -1.51. The van der Waals surface area contributed by atoms with Gasteiger partial charge in [-0.1, -0.05) is 19.9 Å². The van der Waals surface area contributed by atoms with Crippen molar-refractivity contribution in [1.82, 2.24) is 0 Å². The van der Waals surface area contributed by atoms with Gasteiger partial charge in [-0.15, -0.1) is 0 Å². The van der Waals surface area contributed by atoms with Crippen LogP contribution in [0, 0.1) is 18.8 Å². The Balaban J connectivity index is 2.15. The van der Waals surface area contributed by atoms with Crippen molar-refractivity contribution >= 4 is 11.6 Å². The average Bonchev–Trinajstić information content (AvgIpc) is 2.30. The fourth-order valence-corrected chi connectivity index (χ4v) is 3.34. The van der Waals surface area contributed by atoms with Gasteiger partial charge in [-0.3, -0.25) is 4.79 Å². The molecule has 3 N–H and O–H groups in total. The van der Waals surface area contributed by atoms with Crippen molar-refractivity contribution in [2.45, 2.75) is 46.1 Å². The Morgan fingerprint density at radius 1 is 1.21 bits per heavy atom. The quantitative estimate of drug-likeness (QED) is 0.875. The van der Waals surface area contributed by atoms with E-state index in [0.717, 1.165) is 23.1 Å². The summed E-state index contributed by atoms with van der Waals surface area (Å²) in [4.78, 5) is 11.4. The normalized spacial score (nSPS) is 27.0. The molecule has 2 rings (SSSR count). The molecule has 2 unspecified atom stereocenters. The highest BCUT2D eigenvalue weighted by Crippen LogP contribution is 2.31. The summed E-state index contributed by atoms with van der Waals surface area (Å²) in [5.74, 6) is 1.17. The van der Waals surface area contributed by atoms with Gasteiger partial charge in [0.05, 0.1) is 0 Å². The lowest BCUT2D eigenvalue weighted by Crippen LogP contribution is -2.30. The lowest BCUT2D eigenvalue weighted by atomic mass is 9.80. The molecular formula is C16H24N2O. The van der Waals surface area contributed by atoms with E-state index in [-0.39, 0.29) is 5.91 Å². The molecule has 1 aliphatic rings. The highest BCUT2D eigenvalue weighted by atomic mass is 16.1. The summed E-state index contributed by atoms with van der Waals surface area (Å²) in [6.45, 7) is 6.59. The van der Waals surface area contributed by atoms with Gasteiger partial charge in [0.1, 0.15) is 0 Å². The largest absolute Gasteiger partial charge is 0.382 e. The van der Waals surface area contributed by atoms with Gasteiger partial charge < -0.3 is 11.1 Å². The number of rotatable bonds is 3. The molecule has 0 bridgehead atoms. The third kappa shape index (κ3) is 3.28. The molecule has 1 fully saturated rings. The van der Waals surface area contributed by atoms with Gasteiger partial charge in [0.2, 0.25) is 5.91 Å². The third-order valence-corrected chi connectivity index (χ3v) is 4.14. The van der Waals surface area contributed by atoms with Crippen LogP contribution in [0.1, 0.15) is 49.0 Å². The van der Waals surface area contributed by atoms with Crippen LogP contribution >= 0.6 is 0 Å². The number of amides is 1. The van der Waals surface area contributed by atoms with Crippen molar-refractivity contribution in [2.75, 3.05) is 5.32 Å².